The van der Waals surface area contributed by atoms with E-state index in [-0.39, 0.29) is 28.3 Å². The lowest BCUT2D eigenvalue weighted by atomic mass is 9.98. The van der Waals surface area contributed by atoms with Crippen molar-refractivity contribution in [3.63, 3.8) is 0 Å². The molecule has 4 heterocycles. The monoisotopic (exact) mass is 657 g/mol. The molecule has 4 rings (SSSR count). The van der Waals surface area contributed by atoms with E-state index in [1.807, 2.05) is 13.8 Å². The zero-order valence-electron chi connectivity index (χ0n) is 24.7. The Hall–Kier alpha value is -2.86. The number of hydrogen-bond donors (Lipinski definition) is 2. The maximum absolute atomic E-state index is 13.4. The number of fused-ring (bicyclic) bond motifs is 1. The van der Waals surface area contributed by atoms with Crippen molar-refractivity contribution >= 4 is 69.5 Å². The molecule has 0 bridgehead atoms. The maximum Gasteiger partial charge on any atom is 0.358 e. The van der Waals surface area contributed by atoms with Crippen LogP contribution in [0, 0.1) is 5.41 Å². The molecule has 3 aliphatic rings. The van der Waals surface area contributed by atoms with E-state index in [1.165, 1.54) is 35.5 Å². The lowest BCUT2D eigenvalue weighted by Gasteiger charge is -2.49. The normalized spacial score (nSPS) is 23.7. The number of nitrogens with one attached hydrogen (secondary N) is 1. The molecule has 3 atom stereocenters. The summed E-state index contributed by atoms with van der Waals surface area (Å²) in [5.74, 6) is -2.41. The first-order chi connectivity index (χ1) is 20.2. The van der Waals surface area contributed by atoms with E-state index >= 15 is 0 Å². The van der Waals surface area contributed by atoms with Crippen LogP contribution in [0.5, 0.6) is 0 Å². The average Bonchev–Trinajstić information content (AvgIpc) is 3.37. The van der Waals surface area contributed by atoms with E-state index in [0.29, 0.717) is 29.4 Å². The highest BCUT2D eigenvalue weighted by atomic mass is 32.2. The van der Waals surface area contributed by atoms with Gasteiger partial charge in [-0.2, -0.15) is 0 Å². The SMILES string of the molecule is CO/N=C(\C(=O)NC1C(=O)N2C(C(=O)OCOC(=O)C(C)(C)C)=C(SCC3CCOC(C)(C)O3)CS[C@@H]12)c1csc(N)n1. The van der Waals surface area contributed by atoms with Crippen molar-refractivity contribution in [3.8, 4) is 0 Å². The number of nitrogen functional groups attached to an aromatic ring is 1. The van der Waals surface area contributed by atoms with Gasteiger partial charge in [-0.1, -0.05) is 5.16 Å². The van der Waals surface area contributed by atoms with Crippen LogP contribution in [-0.2, 0) is 43.0 Å². The number of ether oxygens (including phenoxy) is 4. The number of carbonyl (C=O) groups is 4. The van der Waals surface area contributed by atoms with E-state index < -0.39 is 53.2 Å². The van der Waals surface area contributed by atoms with Gasteiger partial charge in [-0.05, 0) is 41.0 Å². The molecule has 1 aromatic heterocycles. The third kappa shape index (κ3) is 7.81. The highest BCUT2D eigenvalue weighted by molar-refractivity contribution is 8.06. The number of aromatic nitrogens is 1. The highest BCUT2D eigenvalue weighted by Gasteiger charge is 2.55. The first-order valence-corrected chi connectivity index (χ1v) is 16.2. The molecule has 2 amide bonds. The molecular weight excluding hydrogens is 623 g/mol. The second kappa shape index (κ2) is 13.4. The Kier molecular flexibility index (Phi) is 10.3. The quantitative estimate of drug-likeness (QED) is 0.123. The first kappa shape index (κ1) is 33.0. The van der Waals surface area contributed by atoms with E-state index in [1.54, 1.807) is 26.2 Å². The Labute approximate surface area is 261 Å². The number of anilines is 1. The molecule has 0 saturated carbocycles. The number of oxime groups is 1. The Morgan fingerprint density at radius 3 is 2.67 bits per heavy atom. The summed E-state index contributed by atoms with van der Waals surface area (Å²) in [5.41, 5.74) is 5.01. The number of thioether (sulfide) groups is 2. The molecule has 2 fully saturated rings. The summed E-state index contributed by atoms with van der Waals surface area (Å²) < 4.78 is 22.0. The van der Waals surface area contributed by atoms with Crippen LogP contribution in [-0.4, -0.2) is 94.7 Å². The molecule has 0 spiro atoms. The minimum Gasteiger partial charge on any atom is -0.427 e. The highest BCUT2D eigenvalue weighted by Crippen LogP contribution is 2.44. The van der Waals surface area contributed by atoms with Gasteiger partial charge in [-0.25, -0.2) is 9.78 Å². The molecule has 17 heteroatoms. The van der Waals surface area contributed by atoms with Crippen molar-refractivity contribution < 1.29 is 43.0 Å². The Bertz CT molecular complexity index is 1320. The van der Waals surface area contributed by atoms with Gasteiger partial charge in [0.05, 0.1) is 18.1 Å². The van der Waals surface area contributed by atoms with Crippen LogP contribution in [0.3, 0.4) is 0 Å². The number of esters is 2. The van der Waals surface area contributed by atoms with Crippen LogP contribution >= 0.6 is 34.9 Å². The number of nitrogens with two attached hydrogens (primary N) is 1. The van der Waals surface area contributed by atoms with Crippen molar-refractivity contribution in [2.24, 2.45) is 10.6 Å². The molecule has 43 heavy (non-hydrogen) atoms. The molecule has 0 radical (unpaired) electrons. The lowest BCUT2D eigenvalue weighted by molar-refractivity contribution is -0.267. The fourth-order valence-corrected chi connectivity index (χ4v) is 7.48. The van der Waals surface area contributed by atoms with Gasteiger partial charge in [-0.15, -0.1) is 34.9 Å². The zero-order chi connectivity index (χ0) is 31.5. The summed E-state index contributed by atoms with van der Waals surface area (Å²) in [4.78, 5) is 62.8. The summed E-state index contributed by atoms with van der Waals surface area (Å²) in [5, 5.41) is 7.63. The van der Waals surface area contributed by atoms with Crippen molar-refractivity contribution in [2.45, 2.75) is 64.3 Å². The van der Waals surface area contributed by atoms with Crippen molar-refractivity contribution in [3.05, 3.63) is 21.7 Å². The van der Waals surface area contributed by atoms with Gasteiger partial charge in [-0.3, -0.25) is 19.3 Å². The predicted octanol–water partition coefficient (Wildman–Crippen LogP) is 2.05. The van der Waals surface area contributed by atoms with Crippen LogP contribution < -0.4 is 11.1 Å². The lowest BCUT2D eigenvalue weighted by Crippen LogP contribution is -2.71. The molecule has 2 unspecified atom stereocenters. The van der Waals surface area contributed by atoms with Crippen LogP contribution in [0.2, 0.25) is 0 Å². The van der Waals surface area contributed by atoms with Gasteiger partial charge in [0, 0.05) is 21.8 Å². The van der Waals surface area contributed by atoms with E-state index in [0.717, 1.165) is 11.3 Å². The van der Waals surface area contributed by atoms with Gasteiger partial charge in [0.25, 0.3) is 11.8 Å². The number of rotatable bonds is 10. The molecule has 3 N–H and O–H groups in total. The second-order valence-corrected chi connectivity index (χ2v) is 14.3. The van der Waals surface area contributed by atoms with E-state index in [9.17, 15) is 19.2 Å². The van der Waals surface area contributed by atoms with Crippen molar-refractivity contribution in [1.29, 1.82) is 0 Å². The number of amides is 2. The smallest absolute Gasteiger partial charge is 0.358 e. The number of nitrogens with zero attached hydrogens (tertiary/aromatic N) is 3. The number of hydrogen-bond acceptors (Lipinski definition) is 15. The molecule has 0 aliphatic carbocycles. The molecule has 3 aliphatic heterocycles. The summed E-state index contributed by atoms with van der Waals surface area (Å²) in [7, 11) is 1.28. The standard InChI is InChI=1S/C26H35N5O9S3/c1-25(2,3)23(35)38-12-37-22(34)18-15(41-9-13-7-8-39-26(4,5)40-13)11-42-21-17(20(33)31(18)21)29-19(32)16(30-36-6)14-10-43-24(27)28-14/h10,13,17,21H,7-9,11-12H2,1-6H3,(H2,27,28)(H,29,32)/b30-16-/t13?,17?,21-/m0/s1. The Morgan fingerprint density at radius 1 is 1.30 bits per heavy atom. The fraction of sp³-hybridized carbons (Fsp3) is 0.615. The summed E-state index contributed by atoms with van der Waals surface area (Å²) in [6.45, 7) is 8.64. The number of β-lactam (4-membered cyclic amide) rings is 1. The first-order valence-electron chi connectivity index (χ1n) is 13.3. The van der Waals surface area contributed by atoms with Gasteiger partial charge in [0.1, 0.15) is 29.9 Å². The van der Waals surface area contributed by atoms with Gasteiger partial charge in [0.2, 0.25) is 6.79 Å². The van der Waals surface area contributed by atoms with E-state index in [2.05, 4.69) is 15.5 Å². The van der Waals surface area contributed by atoms with E-state index in [4.69, 9.17) is 29.5 Å². The molecule has 0 aromatic carbocycles. The number of thiazole rings is 1. The van der Waals surface area contributed by atoms with Gasteiger partial charge >= 0.3 is 11.9 Å². The summed E-state index contributed by atoms with van der Waals surface area (Å²) >= 11 is 3.90. The third-order valence-electron chi connectivity index (χ3n) is 6.35. The van der Waals surface area contributed by atoms with Crippen molar-refractivity contribution in [1.82, 2.24) is 15.2 Å². The minimum atomic E-state index is -0.955. The summed E-state index contributed by atoms with van der Waals surface area (Å²) in [6, 6.07) is -0.955. The maximum atomic E-state index is 13.4. The number of carbonyl (C=O) groups excluding carboxylic acids is 4. The van der Waals surface area contributed by atoms with Crippen LogP contribution in [0.25, 0.3) is 0 Å². The molecule has 236 valence electrons. The molecule has 2 saturated heterocycles. The fourth-order valence-electron chi connectivity index (χ4n) is 4.26. The van der Waals surface area contributed by atoms with Crippen LogP contribution in [0.15, 0.2) is 21.1 Å². The Balaban J connectivity index is 1.50. The third-order valence-corrected chi connectivity index (χ3v) is 9.71. The predicted molar refractivity (Wildman–Crippen MR) is 161 cm³/mol. The van der Waals surface area contributed by atoms with Gasteiger partial charge < -0.3 is 34.8 Å². The zero-order valence-corrected chi connectivity index (χ0v) is 27.1. The van der Waals surface area contributed by atoms with Crippen LogP contribution in [0.4, 0.5) is 5.13 Å². The van der Waals surface area contributed by atoms with Crippen molar-refractivity contribution in [2.75, 3.05) is 37.7 Å². The molecule has 1 aromatic rings. The largest absolute Gasteiger partial charge is 0.427 e. The minimum absolute atomic E-state index is 0.0421. The molecule has 14 nitrogen and oxygen atoms in total. The average molecular weight is 658 g/mol. The topological polar surface area (TPSA) is 181 Å². The van der Waals surface area contributed by atoms with Crippen LogP contribution in [0.1, 0.15) is 46.7 Å². The van der Waals surface area contributed by atoms with Gasteiger partial charge in [0.15, 0.2) is 16.6 Å². The Morgan fingerprint density at radius 2 is 2.05 bits per heavy atom. The molecular formula is C26H35N5O9S3. The summed E-state index contributed by atoms with van der Waals surface area (Å²) in [6.07, 6.45) is 0.542. The second-order valence-electron chi connectivity index (χ2n) is 11.1.